The van der Waals surface area contributed by atoms with Crippen molar-refractivity contribution in [2.24, 2.45) is 0 Å². The fraction of sp³-hybridized carbons (Fsp3) is 0.355. The van der Waals surface area contributed by atoms with Gasteiger partial charge in [0, 0.05) is 38.6 Å². The molecule has 1 aliphatic rings. The summed E-state index contributed by atoms with van der Waals surface area (Å²) >= 11 is 0. The molecule has 3 atom stereocenters. The molecular weight excluding hydrogens is 563 g/mol. The second-order valence-corrected chi connectivity index (χ2v) is 9.55. The van der Waals surface area contributed by atoms with E-state index in [1.165, 1.54) is 38.4 Å². The minimum absolute atomic E-state index is 0.0424. The van der Waals surface area contributed by atoms with Crippen molar-refractivity contribution in [3.8, 4) is 17.2 Å². The summed E-state index contributed by atoms with van der Waals surface area (Å²) in [6.07, 6.45) is 1.74. The maximum atomic E-state index is 13.2. The Morgan fingerprint density at radius 1 is 1.12 bits per heavy atom. The zero-order valence-corrected chi connectivity index (χ0v) is 24.2. The number of hydrogen-bond donors (Lipinski definition) is 2. The topological polar surface area (TPSA) is 143 Å². The average Bonchev–Trinajstić information content (AvgIpc) is 3.03. The number of methoxy groups -OCH3 is 1. The number of phenols is 1. The first-order valence-electron chi connectivity index (χ1n) is 13.6. The molecule has 230 valence electrons. The molecule has 43 heavy (non-hydrogen) atoms. The molecule has 0 saturated carbocycles. The number of esters is 2. The number of aromatic hydroxyl groups is 1. The molecule has 4 rings (SSSR count). The van der Waals surface area contributed by atoms with Crippen molar-refractivity contribution in [3.63, 3.8) is 0 Å². The first-order chi connectivity index (χ1) is 20.7. The van der Waals surface area contributed by atoms with Crippen LogP contribution in [0.5, 0.6) is 17.2 Å². The Morgan fingerprint density at radius 2 is 1.84 bits per heavy atom. The van der Waals surface area contributed by atoms with E-state index in [-0.39, 0.29) is 42.1 Å². The number of para-hydroxylation sites is 1. The highest BCUT2D eigenvalue weighted by molar-refractivity contribution is 5.98. The van der Waals surface area contributed by atoms with Crippen molar-refractivity contribution < 1.29 is 47.6 Å². The Bertz CT molecular complexity index is 1340. The van der Waals surface area contributed by atoms with Crippen molar-refractivity contribution in [1.82, 2.24) is 10.3 Å². The number of benzene rings is 2. The number of amides is 1. The smallest absolute Gasteiger partial charge is 0.329 e. The number of carbonyl (C=O) groups excluding carboxylic acids is 3. The number of phenolic OH excluding ortho intramolecular Hbond substituents is 1. The Balaban J connectivity index is 0.000000633. The number of aromatic nitrogens is 1. The van der Waals surface area contributed by atoms with Crippen LogP contribution in [0.2, 0.25) is 0 Å². The Hall–Kier alpha value is -4.71. The summed E-state index contributed by atoms with van der Waals surface area (Å²) in [6.45, 7) is 2.69. The number of rotatable bonds is 8. The highest BCUT2D eigenvalue weighted by atomic mass is 19.1. The van der Waals surface area contributed by atoms with Gasteiger partial charge in [0.15, 0.2) is 17.2 Å². The zero-order valence-electron chi connectivity index (χ0n) is 24.2. The average molecular weight is 599 g/mol. The number of nitrogens with one attached hydrogen (secondary N) is 1. The largest absolute Gasteiger partial charge is 0.508 e. The zero-order chi connectivity index (χ0) is 31.2. The van der Waals surface area contributed by atoms with Gasteiger partial charge in [-0.15, -0.1) is 0 Å². The third kappa shape index (κ3) is 10.9. The van der Waals surface area contributed by atoms with Crippen LogP contribution in [0.1, 0.15) is 42.7 Å². The molecule has 1 fully saturated rings. The van der Waals surface area contributed by atoms with Gasteiger partial charge in [-0.2, -0.15) is 0 Å². The van der Waals surface area contributed by atoms with Gasteiger partial charge in [-0.1, -0.05) is 30.3 Å². The second kappa shape index (κ2) is 16.7. The maximum absolute atomic E-state index is 13.2. The van der Waals surface area contributed by atoms with E-state index in [2.05, 4.69) is 10.3 Å². The van der Waals surface area contributed by atoms with Crippen molar-refractivity contribution in [2.45, 2.75) is 51.4 Å². The molecule has 2 heterocycles. The SMILES string of the molecule is COc1ccnc(C(=O)N[C@H]2CCOC(Cc3ccc(F)cc3)CC(C)OC2=O)c1OCOC(C)=O.Oc1ccccc1. The third-order valence-electron chi connectivity index (χ3n) is 6.16. The monoisotopic (exact) mass is 598 g/mol. The van der Waals surface area contributed by atoms with E-state index in [1.54, 1.807) is 43.3 Å². The van der Waals surface area contributed by atoms with Crippen LogP contribution in [0, 0.1) is 5.82 Å². The summed E-state index contributed by atoms with van der Waals surface area (Å²) in [5, 5.41) is 11.3. The van der Waals surface area contributed by atoms with E-state index >= 15 is 0 Å². The van der Waals surface area contributed by atoms with Gasteiger partial charge in [-0.05, 0) is 43.2 Å². The summed E-state index contributed by atoms with van der Waals surface area (Å²) in [7, 11) is 1.38. The molecule has 11 nitrogen and oxygen atoms in total. The lowest BCUT2D eigenvalue weighted by Gasteiger charge is -2.20. The molecule has 3 aromatic rings. The van der Waals surface area contributed by atoms with Gasteiger partial charge < -0.3 is 34.1 Å². The highest BCUT2D eigenvalue weighted by Crippen LogP contribution is 2.29. The molecule has 0 spiro atoms. The van der Waals surface area contributed by atoms with Gasteiger partial charge in [0.1, 0.15) is 23.7 Å². The molecule has 2 unspecified atom stereocenters. The van der Waals surface area contributed by atoms with Gasteiger partial charge in [-0.25, -0.2) is 14.2 Å². The molecule has 12 heteroatoms. The molecule has 1 aliphatic heterocycles. The van der Waals surface area contributed by atoms with Crippen molar-refractivity contribution >= 4 is 17.8 Å². The molecule has 1 aromatic heterocycles. The van der Waals surface area contributed by atoms with Gasteiger partial charge in [0.05, 0.1) is 13.2 Å². The molecule has 0 bridgehead atoms. The highest BCUT2D eigenvalue weighted by Gasteiger charge is 2.30. The predicted octanol–water partition coefficient (Wildman–Crippen LogP) is 3.97. The summed E-state index contributed by atoms with van der Waals surface area (Å²) in [5.41, 5.74) is 0.742. The second-order valence-electron chi connectivity index (χ2n) is 9.55. The number of nitrogens with zero attached hydrogens (tertiary/aromatic N) is 1. The van der Waals surface area contributed by atoms with Crippen molar-refractivity contribution in [2.75, 3.05) is 20.5 Å². The molecule has 1 amide bonds. The predicted molar refractivity (Wildman–Crippen MR) is 152 cm³/mol. The summed E-state index contributed by atoms with van der Waals surface area (Å²) in [4.78, 5) is 40.9. The van der Waals surface area contributed by atoms with Crippen LogP contribution < -0.4 is 14.8 Å². The number of carbonyl (C=O) groups is 3. The van der Waals surface area contributed by atoms with E-state index in [1.807, 2.05) is 6.07 Å². The van der Waals surface area contributed by atoms with Crippen LogP contribution in [0.4, 0.5) is 4.39 Å². The lowest BCUT2D eigenvalue weighted by Crippen LogP contribution is -2.43. The molecule has 2 N–H and O–H groups in total. The van der Waals surface area contributed by atoms with E-state index in [0.29, 0.717) is 18.6 Å². The molecular formula is C31H35FN2O9. The first kappa shape index (κ1) is 32.8. The summed E-state index contributed by atoms with van der Waals surface area (Å²) < 4.78 is 40.1. The minimum Gasteiger partial charge on any atom is -0.508 e. The number of hydrogen-bond acceptors (Lipinski definition) is 10. The normalized spacial score (nSPS) is 18.3. The van der Waals surface area contributed by atoms with E-state index in [0.717, 1.165) is 5.56 Å². The quantitative estimate of drug-likeness (QED) is 0.289. The molecule has 2 aromatic carbocycles. The van der Waals surface area contributed by atoms with Crippen molar-refractivity contribution in [3.05, 3.63) is 83.9 Å². The van der Waals surface area contributed by atoms with Crippen molar-refractivity contribution in [1.29, 1.82) is 0 Å². The van der Waals surface area contributed by atoms with Gasteiger partial charge in [0.2, 0.25) is 6.79 Å². The van der Waals surface area contributed by atoms with Gasteiger partial charge in [0.25, 0.3) is 5.91 Å². The standard InChI is InChI=1S/C25H29FN2O8.C6H6O/c1-15-12-19(13-17-4-6-18(26)7-5-17)33-11-9-20(25(31)36-15)28-24(30)22-23(35-14-34-16(2)29)21(32-3)8-10-27-22;7-6-4-2-1-3-5-6/h4-8,10,15,19-20H,9,11-14H2,1-3H3,(H,28,30);1-5,7H/t15?,19?,20-;/m0./s1. The van der Waals surface area contributed by atoms with Crippen LogP contribution in [0.25, 0.3) is 0 Å². The Labute approximate surface area is 248 Å². The van der Waals surface area contributed by atoms with Gasteiger partial charge in [-0.3, -0.25) is 9.59 Å². The third-order valence-corrected chi connectivity index (χ3v) is 6.16. The molecule has 1 saturated heterocycles. The van der Waals surface area contributed by atoms with Crippen LogP contribution >= 0.6 is 0 Å². The molecule has 0 aliphatic carbocycles. The number of cyclic esters (lactones) is 1. The lowest BCUT2D eigenvalue weighted by atomic mass is 10.0. The van der Waals surface area contributed by atoms with E-state index < -0.39 is 36.8 Å². The lowest BCUT2D eigenvalue weighted by molar-refractivity contribution is -0.151. The number of pyridine rings is 1. The number of ether oxygens (including phenoxy) is 5. The number of halogens is 1. The van der Waals surface area contributed by atoms with Crippen LogP contribution in [-0.2, 0) is 30.2 Å². The first-order valence-corrected chi connectivity index (χ1v) is 13.6. The Kier molecular flexibility index (Phi) is 12.7. The van der Waals surface area contributed by atoms with Crippen LogP contribution in [-0.4, -0.2) is 66.7 Å². The fourth-order valence-electron chi connectivity index (χ4n) is 4.11. The summed E-state index contributed by atoms with van der Waals surface area (Å²) in [6, 6.07) is 15.3. The summed E-state index contributed by atoms with van der Waals surface area (Å²) in [5.74, 6) is -1.72. The van der Waals surface area contributed by atoms with Gasteiger partial charge >= 0.3 is 11.9 Å². The van der Waals surface area contributed by atoms with Crippen LogP contribution in [0.3, 0.4) is 0 Å². The van der Waals surface area contributed by atoms with E-state index in [4.69, 9.17) is 28.8 Å². The Morgan fingerprint density at radius 3 is 2.47 bits per heavy atom. The maximum Gasteiger partial charge on any atom is 0.329 e. The van der Waals surface area contributed by atoms with E-state index in [9.17, 15) is 18.8 Å². The minimum atomic E-state index is -1.00. The molecule has 0 radical (unpaired) electrons. The fourth-order valence-corrected chi connectivity index (χ4v) is 4.11. The van der Waals surface area contributed by atoms with Crippen LogP contribution in [0.15, 0.2) is 66.9 Å².